The van der Waals surface area contributed by atoms with Crippen molar-refractivity contribution in [1.29, 1.82) is 0 Å². The van der Waals surface area contributed by atoms with Gasteiger partial charge >= 0.3 is 0 Å². The molecule has 0 aromatic heterocycles. The minimum absolute atomic E-state index is 1.23. The maximum atomic E-state index is 2.56. The second-order valence-corrected chi connectivity index (χ2v) is 22.1. The van der Waals surface area contributed by atoms with Crippen LogP contribution in [0.5, 0.6) is 0 Å². The van der Waals surface area contributed by atoms with Gasteiger partial charge in [-0.05, 0) is 361 Å². The lowest BCUT2D eigenvalue weighted by atomic mass is 9.77. The molecule has 0 nitrogen and oxygen atoms in total. The molecule has 0 saturated carbocycles. The van der Waals surface area contributed by atoms with Crippen molar-refractivity contribution in [3.05, 3.63) is 196 Å². The first-order chi connectivity index (χ1) is 34.1. The largest absolute Gasteiger partial charge is 0.0616 e. The van der Waals surface area contributed by atoms with E-state index in [4.69, 9.17) is 0 Å². The highest BCUT2D eigenvalue weighted by atomic mass is 14.3. The van der Waals surface area contributed by atoms with E-state index in [0.717, 1.165) is 0 Å². The Morgan fingerprint density at radius 3 is 0.528 bits per heavy atom. The van der Waals surface area contributed by atoms with E-state index in [2.05, 4.69) is 223 Å². The van der Waals surface area contributed by atoms with E-state index in [1.807, 2.05) is 0 Å². The summed E-state index contributed by atoms with van der Waals surface area (Å²) in [5.74, 6) is 0. The van der Waals surface area contributed by atoms with E-state index >= 15 is 0 Å². The molecule has 0 heteroatoms. The smallest absolute Gasteiger partial charge is 0.00206 e. The normalized spacial score (nSPS) is 11.9. The summed E-state index contributed by atoms with van der Waals surface area (Å²) >= 11 is 0. The summed E-state index contributed by atoms with van der Waals surface area (Å²) in [6.07, 6.45) is 0. The van der Waals surface area contributed by atoms with Crippen molar-refractivity contribution >= 4 is 43.1 Å². The van der Waals surface area contributed by atoms with E-state index in [1.165, 1.54) is 210 Å². The van der Waals surface area contributed by atoms with Crippen molar-refractivity contribution in [2.45, 2.75) is 138 Å². The summed E-state index contributed by atoms with van der Waals surface area (Å²) in [7, 11) is 0. The lowest BCUT2D eigenvalue weighted by Crippen LogP contribution is -2.03. The van der Waals surface area contributed by atoms with Gasteiger partial charge in [-0.25, -0.2) is 0 Å². The Labute approximate surface area is 431 Å². The van der Waals surface area contributed by atoms with Gasteiger partial charge in [-0.15, -0.1) is 0 Å². The highest BCUT2D eigenvalue weighted by Gasteiger charge is 2.27. The zero-order chi connectivity index (χ0) is 51.8. The first-order valence-corrected chi connectivity index (χ1v) is 26.4. The number of hydrogen-bond donors (Lipinski definition) is 0. The number of rotatable bonds is 5. The maximum Gasteiger partial charge on any atom is -0.00206 e. The molecular formula is C72H74. The zero-order valence-corrected chi connectivity index (χ0v) is 47.1. The van der Waals surface area contributed by atoms with E-state index in [0.29, 0.717) is 0 Å². The molecule has 10 rings (SSSR count). The molecule has 0 N–H and O–H groups in total. The van der Waals surface area contributed by atoms with Crippen molar-refractivity contribution < 1.29 is 0 Å². The molecule has 0 spiro atoms. The molecule has 0 aliphatic rings. The molecule has 72 heavy (non-hydrogen) atoms. The van der Waals surface area contributed by atoms with Crippen LogP contribution in [-0.2, 0) is 0 Å². The lowest BCUT2D eigenvalue weighted by Gasteiger charge is -2.26. The van der Waals surface area contributed by atoms with Crippen molar-refractivity contribution in [2.24, 2.45) is 0 Å². The maximum absolute atomic E-state index is 2.56. The summed E-state index contributed by atoms with van der Waals surface area (Å²) in [6.45, 7) is 46.6. The molecule has 10 aromatic rings. The van der Waals surface area contributed by atoms with Crippen LogP contribution >= 0.6 is 0 Å². The van der Waals surface area contributed by atoms with Gasteiger partial charge in [0, 0.05) is 0 Å². The van der Waals surface area contributed by atoms with Gasteiger partial charge in [0.2, 0.25) is 0 Å². The van der Waals surface area contributed by atoms with Crippen molar-refractivity contribution in [3.63, 3.8) is 0 Å². The molecule has 0 fully saturated rings. The Morgan fingerprint density at radius 2 is 0.319 bits per heavy atom. The molecular weight excluding hydrogens is 865 g/mol. The molecule has 10 aromatic carbocycles. The average Bonchev–Trinajstić information content (AvgIpc) is 3.39. The molecule has 0 heterocycles. The molecule has 0 atom stereocenters. The van der Waals surface area contributed by atoms with Crippen LogP contribution in [0.25, 0.3) is 98.7 Å². The number of hydrogen-bond acceptors (Lipinski definition) is 0. The fourth-order valence-electron chi connectivity index (χ4n) is 13.3. The molecule has 0 bridgehead atoms. The van der Waals surface area contributed by atoms with Gasteiger partial charge in [-0.3, -0.25) is 0 Å². The van der Waals surface area contributed by atoms with E-state index in [1.54, 1.807) is 0 Å². The van der Waals surface area contributed by atoms with Crippen molar-refractivity contribution in [2.75, 3.05) is 0 Å². The molecule has 0 unspecified atom stereocenters. The van der Waals surface area contributed by atoms with E-state index < -0.39 is 0 Å². The van der Waals surface area contributed by atoms with Crippen LogP contribution in [0.1, 0.15) is 111 Å². The molecule has 0 aliphatic heterocycles. The van der Waals surface area contributed by atoms with Crippen LogP contribution in [0.2, 0.25) is 0 Å². The minimum Gasteiger partial charge on any atom is -0.0616 e. The second-order valence-electron chi connectivity index (χ2n) is 22.1. The Morgan fingerprint density at radius 1 is 0.153 bits per heavy atom. The summed E-state index contributed by atoms with van der Waals surface area (Å²) in [6, 6.07) is 33.5. The first-order valence-electron chi connectivity index (χ1n) is 26.4. The monoisotopic (exact) mass is 939 g/mol. The third-order valence-corrected chi connectivity index (χ3v) is 19.4. The Kier molecular flexibility index (Phi) is 11.9. The Bertz CT molecular complexity index is 3660. The predicted octanol–water partition coefficient (Wildman–Crippen LogP) is 20.8. The summed E-state index contributed by atoms with van der Waals surface area (Å²) < 4.78 is 0. The lowest BCUT2D eigenvalue weighted by molar-refractivity contribution is 1.18. The fraction of sp³-hybridized carbons (Fsp3) is 0.278. The number of fused-ring (bicyclic) bond motifs is 4. The molecule has 0 radical (unpaired) electrons. The fourth-order valence-corrected chi connectivity index (χ4v) is 13.3. The quantitative estimate of drug-likeness (QED) is 0.151. The summed E-state index contributed by atoms with van der Waals surface area (Å²) in [5.41, 5.74) is 40.9. The Balaban J connectivity index is 1.40. The van der Waals surface area contributed by atoms with Gasteiger partial charge in [-0.2, -0.15) is 0 Å². The standard InChI is InChI=1S/C72H74/c1-35-39(5)47(13)65(48(14)40(35)6)69-57-25-21-23-27-59(57)71(67-51(17)43(9)37(3)44(10)52(67)18)63-33-55(29-31-61(63)69)56-30-32-62-64(34-56)72(68-53(19)45(11)38(4)46(12)54(68)20)60-28-24-22-26-58(60)70(62)66-49(15)41(7)36(2)42(8)50(66)16/h21-34H,1-20H3. The average molecular weight is 939 g/mol. The SMILES string of the molecule is Cc1c(C)c(C)c(-c2c3ccccc3c(-c3c(C)c(C)c(C)c(C)c3C)c3cc(-c4ccc5c(-c6c(C)c(C)c(C)c(C)c6C)c6ccccc6c(-c6c(C)c(C)c(C)c(C)c6C)c5c4)ccc23)c(C)c1C. The molecule has 0 aliphatic carbocycles. The van der Waals surface area contributed by atoms with Gasteiger partial charge in [0.15, 0.2) is 0 Å². The van der Waals surface area contributed by atoms with Crippen molar-refractivity contribution in [1.82, 2.24) is 0 Å². The van der Waals surface area contributed by atoms with Crippen LogP contribution in [-0.4, -0.2) is 0 Å². The first kappa shape index (κ1) is 48.8. The van der Waals surface area contributed by atoms with Crippen LogP contribution in [0.15, 0.2) is 84.9 Å². The third kappa shape index (κ3) is 6.84. The zero-order valence-electron chi connectivity index (χ0n) is 47.1. The van der Waals surface area contributed by atoms with Crippen LogP contribution in [0, 0.1) is 138 Å². The Hall–Kier alpha value is -6.76. The van der Waals surface area contributed by atoms with E-state index in [-0.39, 0.29) is 0 Å². The van der Waals surface area contributed by atoms with E-state index in [9.17, 15) is 0 Å². The van der Waals surface area contributed by atoms with Gasteiger partial charge < -0.3 is 0 Å². The topological polar surface area (TPSA) is 0 Å². The highest BCUT2D eigenvalue weighted by molar-refractivity contribution is 6.25. The van der Waals surface area contributed by atoms with Crippen LogP contribution < -0.4 is 0 Å². The van der Waals surface area contributed by atoms with Crippen LogP contribution in [0.3, 0.4) is 0 Å². The summed E-state index contributed by atoms with van der Waals surface area (Å²) in [5, 5.41) is 10.5. The van der Waals surface area contributed by atoms with Gasteiger partial charge in [0.05, 0.1) is 0 Å². The highest BCUT2D eigenvalue weighted by Crippen LogP contribution is 2.52. The van der Waals surface area contributed by atoms with Crippen LogP contribution in [0.4, 0.5) is 0 Å². The van der Waals surface area contributed by atoms with Crippen molar-refractivity contribution in [3.8, 4) is 55.6 Å². The third-order valence-electron chi connectivity index (χ3n) is 19.4. The summed E-state index contributed by atoms with van der Waals surface area (Å²) in [4.78, 5) is 0. The second kappa shape index (κ2) is 17.5. The van der Waals surface area contributed by atoms with Gasteiger partial charge in [-0.1, -0.05) is 72.8 Å². The molecule has 362 valence electrons. The van der Waals surface area contributed by atoms with Gasteiger partial charge in [0.25, 0.3) is 0 Å². The predicted molar refractivity (Wildman–Crippen MR) is 318 cm³/mol. The number of benzene rings is 10. The minimum atomic E-state index is 1.23. The van der Waals surface area contributed by atoms with Gasteiger partial charge in [0.1, 0.15) is 0 Å². The molecule has 0 amide bonds. The molecule has 0 saturated heterocycles.